The van der Waals surface area contributed by atoms with Gasteiger partial charge in [0.25, 0.3) is 5.56 Å². The predicted octanol–water partition coefficient (Wildman–Crippen LogP) is 2.51. The van der Waals surface area contributed by atoms with Crippen molar-refractivity contribution in [3.05, 3.63) is 74.8 Å². The fraction of sp³-hybridized carbons (Fsp3) is 0.0556. The molecule has 7 heteroatoms. The van der Waals surface area contributed by atoms with Gasteiger partial charge in [0, 0.05) is 0 Å². The van der Waals surface area contributed by atoms with Crippen molar-refractivity contribution in [1.29, 1.82) is 0 Å². The first kappa shape index (κ1) is 15.5. The summed E-state index contributed by atoms with van der Waals surface area (Å²) in [6.07, 6.45) is 1.70. The average molecular weight is 353 g/mol. The summed E-state index contributed by atoms with van der Waals surface area (Å²) in [4.78, 5) is 17.5. The number of nitrogens with zero attached hydrogens (tertiary/aromatic N) is 3. The van der Waals surface area contributed by atoms with E-state index in [0.717, 1.165) is 11.1 Å². The maximum atomic E-state index is 13.0. The van der Waals surface area contributed by atoms with E-state index in [2.05, 4.69) is 10.1 Å². The highest BCUT2D eigenvalue weighted by molar-refractivity contribution is 7.15. The number of thiazole rings is 1. The Balaban J connectivity index is 1.82. The molecule has 0 fully saturated rings. The lowest BCUT2D eigenvalue weighted by molar-refractivity contribution is 0.416. The van der Waals surface area contributed by atoms with Gasteiger partial charge in [-0.25, -0.2) is 4.39 Å². The van der Waals surface area contributed by atoms with E-state index in [1.165, 1.54) is 28.0 Å². The Morgan fingerprint density at radius 3 is 2.64 bits per heavy atom. The molecule has 0 spiro atoms. The van der Waals surface area contributed by atoms with E-state index in [-0.39, 0.29) is 11.4 Å². The van der Waals surface area contributed by atoms with Gasteiger partial charge in [-0.1, -0.05) is 35.6 Å². The summed E-state index contributed by atoms with van der Waals surface area (Å²) in [7, 11) is 1.58. The van der Waals surface area contributed by atoms with E-state index >= 15 is 0 Å². The molecule has 4 aromatic rings. The minimum Gasteiger partial charge on any atom is -0.496 e. The number of aromatic nitrogens is 3. The van der Waals surface area contributed by atoms with Crippen LogP contribution < -0.4 is 14.8 Å². The summed E-state index contributed by atoms with van der Waals surface area (Å²) in [5.41, 5.74) is 1.22. The van der Waals surface area contributed by atoms with E-state index in [4.69, 9.17) is 4.74 Å². The quantitative estimate of drug-likeness (QED) is 0.568. The standard InChI is InChI=1S/C18H12FN3O2S/c1-24-14-5-3-2-4-13(14)16-20-18-22(21-16)17(23)15(25-18)10-11-6-8-12(19)9-7-11/h2-10H,1H3. The molecular weight excluding hydrogens is 341 g/mol. The molecule has 0 aliphatic heterocycles. The van der Waals surface area contributed by atoms with Crippen LogP contribution in [0, 0.1) is 5.82 Å². The van der Waals surface area contributed by atoms with Crippen LogP contribution in [0.5, 0.6) is 5.75 Å². The topological polar surface area (TPSA) is 56.5 Å². The van der Waals surface area contributed by atoms with Crippen molar-refractivity contribution < 1.29 is 9.13 Å². The highest BCUT2D eigenvalue weighted by Crippen LogP contribution is 2.27. The Labute approximate surface area is 145 Å². The number of halogens is 1. The third-order valence-electron chi connectivity index (χ3n) is 3.70. The molecule has 2 aromatic heterocycles. The number of rotatable bonds is 3. The first-order valence-corrected chi connectivity index (χ1v) is 8.27. The Morgan fingerprint density at radius 2 is 1.92 bits per heavy atom. The number of methoxy groups -OCH3 is 1. The molecule has 0 aliphatic rings. The molecule has 0 radical (unpaired) electrons. The van der Waals surface area contributed by atoms with Crippen LogP contribution in [0.2, 0.25) is 0 Å². The SMILES string of the molecule is COc1ccccc1-c1nc2sc(=Cc3ccc(F)cc3)c(=O)n2n1. The van der Waals surface area contributed by atoms with Crippen molar-refractivity contribution >= 4 is 22.4 Å². The molecule has 0 atom stereocenters. The van der Waals surface area contributed by atoms with Crippen LogP contribution in [0.25, 0.3) is 22.4 Å². The van der Waals surface area contributed by atoms with Crippen molar-refractivity contribution in [1.82, 2.24) is 14.6 Å². The molecular formula is C18H12FN3O2S. The van der Waals surface area contributed by atoms with Crippen LogP contribution in [0.4, 0.5) is 4.39 Å². The Bertz CT molecular complexity index is 1170. The van der Waals surface area contributed by atoms with E-state index in [9.17, 15) is 9.18 Å². The molecule has 5 nitrogen and oxygen atoms in total. The lowest BCUT2D eigenvalue weighted by Crippen LogP contribution is -2.23. The summed E-state index contributed by atoms with van der Waals surface area (Å²) in [6.45, 7) is 0. The summed E-state index contributed by atoms with van der Waals surface area (Å²) in [5, 5.41) is 4.31. The number of benzene rings is 2. The fourth-order valence-corrected chi connectivity index (χ4v) is 3.40. The van der Waals surface area contributed by atoms with Crippen LogP contribution >= 0.6 is 11.3 Å². The van der Waals surface area contributed by atoms with Gasteiger partial charge in [-0.2, -0.15) is 9.50 Å². The van der Waals surface area contributed by atoms with Crippen LogP contribution in [0.3, 0.4) is 0 Å². The van der Waals surface area contributed by atoms with E-state index in [1.807, 2.05) is 24.3 Å². The van der Waals surface area contributed by atoms with Crippen LogP contribution in [0.15, 0.2) is 53.3 Å². The molecule has 124 valence electrons. The number of fused-ring (bicyclic) bond motifs is 1. The Kier molecular flexibility index (Phi) is 3.77. The summed E-state index contributed by atoms with van der Waals surface area (Å²) >= 11 is 1.24. The molecule has 0 bridgehead atoms. The van der Waals surface area contributed by atoms with Gasteiger partial charge in [0.2, 0.25) is 4.96 Å². The van der Waals surface area contributed by atoms with Crippen molar-refractivity contribution in [2.75, 3.05) is 7.11 Å². The Hall–Kier alpha value is -3.06. The number of hydrogen-bond acceptors (Lipinski definition) is 5. The maximum Gasteiger partial charge on any atom is 0.291 e. The van der Waals surface area contributed by atoms with E-state index in [1.54, 1.807) is 25.3 Å². The zero-order chi connectivity index (χ0) is 17.4. The number of hydrogen-bond donors (Lipinski definition) is 0. The molecule has 0 amide bonds. The van der Waals surface area contributed by atoms with Crippen molar-refractivity contribution in [3.63, 3.8) is 0 Å². The molecule has 0 saturated heterocycles. The van der Waals surface area contributed by atoms with Gasteiger partial charge < -0.3 is 4.74 Å². The monoisotopic (exact) mass is 353 g/mol. The second kappa shape index (κ2) is 6.10. The van der Waals surface area contributed by atoms with Crippen molar-refractivity contribution in [2.24, 2.45) is 0 Å². The zero-order valence-electron chi connectivity index (χ0n) is 13.1. The van der Waals surface area contributed by atoms with Gasteiger partial charge in [-0.15, -0.1) is 5.10 Å². The van der Waals surface area contributed by atoms with Crippen LogP contribution in [-0.4, -0.2) is 21.7 Å². The fourth-order valence-electron chi connectivity index (χ4n) is 2.49. The average Bonchev–Trinajstić information content (AvgIpc) is 3.17. The smallest absolute Gasteiger partial charge is 0.291 e. The predicted molar refractivity (Wildman–Crippen MR) is 94.3 cm³/mol. The second-order valence-corrected chi connectivity index (χ2v) is 6.31. The van der Waals surface area contributed by atoms with Gasteiger partial charge in [-0.05, 0) is 35.9 Å². The minimum absolute atomic E-state index is 0.252. The molecule has 0 N–H and O–H groups in total. The van der Waals surface area contributed by atoms with E-state index in [0.29, 0.717) is 21.1 Å². The first-order valence-electron chi connectivity index (χ1n) is 7.46. The van der Waals surface area contributed by atoms with Gasteiger partial charge in [0.15, 0.2) is 5.82 Å². The number of para-hydroxylation sites is 1. The molecule has 25 heavy (non-hydrogen) atoms. The van der Waals surface area contributed by atoms with Crippen LogP contribution in [-0.2, 0) is 0 Å². The maximum absolute atomic E-state index is 13.0. The molecule has 0 aliphatic carbocycles. The largest absolute Gasteiger partial charge is 0.496 e. The van der Waals surface area contributed by atoms with Gasteiger partial charge in [0.05, 0.1) is 17.2 Å². The molecule has 2 heterocycles. The normalized spacial score (nSPS) is 12.0. The van der Waals surface area contributed by atoms with E-state index < -0.39 is 0 Å². The van der Waals surface area contributed by atoms with Gasteiger partial charge >= 0.3 is 0 Å². The highest BCUT2D eigenvalue weighted by atomic mass is 32.1. The summed E-state index contributed by atoms with van der Waals surface area (Å²) in [6, 6.07) is 13.3. The zero-order valence-corrected chi connectivity index (χ0v) is 14.0. The van der Waals surface area contributed by atoms with Crippen LogP contribution in [0.1, 0.15) is 5.56 Å². The molecule has 2 aromatic carbocycles. The van der Waals surface area contributed by atoms with Gasteiger partial charge in [0.1, 0.15) is 11.6 Å². The summed E-state index contributed by atoms with van der Waals surface area (Å²) < 4.78 is 20.1. The molecule has 4 rings (SSSR count). The lowest BCUT2D eigenvalue weighted by atomic mass is 10.2. The molecule has 0 unspecified atom stereocenters. The lowest BCUT2D eigenvalue weighted by Gasteiger charge is -2.03. The van der Waals surface area contributed by atoms with Crippen molar-refractivity contribution in [3.8, 4) is 17.1 Å². The minimum atomic E-state index is -0.316. The number of ether oxygens (including phenoxy) is 1. The third kappa shape index (κ3) is 2.78. The van der Waals surface area contributed by atoms with Gasteiger partial charge in [-0.3, -0.25) is 4.79 Å². The third-order valence-corrected chi connectivity index (χ3v) is 4.66. The molecule has 0 saturated carbocycles. The highest BCUT2D eigenvalue weighted by Gasteiger charge is 2.14. The Morgan fingerprint density at radius 1 is 1.16 bits per heavy atom. The second-order valence-electron chi connectivity index (χ2n) is 5.30. The van der Waals surface area contributed by atoms with Crippen molar-refractivity contribution in [2.45, 2.75) is 0 Å². The first-order chi connectivity index (χ1) is 12.2. The summed E-state index contributed by atoms with van der Waals surface area (Å²) in [5.74, 6) is 0.768.